The molecule has 0 saturated carbocycles. The molecule has 1 atom stereocenters. The Morgan fingerprint density at radius 3 is 1.81 bits per heavy atom. The first-order chi connectivity index (χ1) is 12.7. The molecule has 3 N–H and O–H groups in total. The van der Waals surface area contributed by atoms with E-state index in [1.807, 2.05) is 6.92 Å². The van der Waals surface area contributed by atoms with E-state index in [0.717, 1.165) is 44.1 Å². The van der Waals surface area contributed by atoms with Crippen LogP contribution >= 0.6 is 0 Å². The van der Waals surface area contributed by atoms with Gasteiger partial charge in [-0.25, -0.2) is 0 Å². The molecule has 0 aliphatic heterocycles. The summed E-state index contributed by atoms with van der Waals surface area (Å²) in [4.78, 5) is 11.7. The van der Waals surface area contributed by atoms with Crippen LogP contribution in [-0.4, -0.2) is 35.4 Å². The Morgan fingerprint density at radius 2 is 1.33 bits per heavy atom. The van der Waals surface area contributed by atoms with Gasteiger partial charge < -0.3 is 15.5 Å². The molecule has 0 radical (unpaired) electrons. The summed E-state index contributed by atoms with van der Waals surface area (Å²) >= 11 is 0. The van der Waals surface area contributed by atoms with Crippen LogP contribution in [0.5, 0.6) is 0 Å². The van der Waals surface area contributed by atoms with Crippen LogP contribution in [0.2, 0.25) is 0 Å². The number of hydrogen-bond acceptors (Lipinski definition) is 3. The second-order valence-corrected chi connectivity index (χ2v) is 7.57. The molecule has 4 nitrogen and oxygen atoms in total. The number of rotatable bonds is 13. The Hall–Kier alpha value is -1.65. The minimum Gasteiger partial charge on any atom is -0.394 e. The van der Waals surface area contributed by atoms with Gasteiger partial charge in [-0.15, -0.1) is 0 Å². The number of carbonyl (C=O) groups is 1. The standard InChI is InChI=1S/C23H39NO3/c1-18(2)9-6-10-19(3)11-7-12-20(4)13-8-14-21(5)15-23(27)24-16-22(26)17-25/h9,11,13,15,22,25-26H,6-8,10,12,14,16-17H2,1-5H3,(H,24,27). The van der Waals surface area contributed by atoms with Crippen molar-refractivity contribution in [3.8, 4) is 0 Å². The maximum atomic E-state index is 11.7. The summed E-state index contributed by atoms with van der Waals surface area (Å²) in [5.74, 6) is -0.227. The smallest absolute Gasteiger partial charge is 0.244 e. The van der Waals surface area contributed by atoms with Gasteiger partial charge in [-0.3, -0.25) is 4.79 Å². The SMILES string of the molecule is CC(C)=CCCC(C)=CCCC(C)=CCCC(C)=CC(=O)NCC(O)CO. The van der Waals surface area contributed by atoms with Crippen molar-refractivity contribution in [3.63, 3.8) is 0 Å². The molecule has 0 saturated heterocycles. The fourth-order valence-corrected chi connectivity index (χ4v) is 2.52. The van der Waals surface area contributed by atoms with Gasteiger partial charge in [0.05, 0.1) is 12.7 Å². The second kappa shape index (κ2) is 15.4. The molecular weight excluding hydrogens is 338 g/mol. The predicted molar refractivity (Wildman–Crippen MR) is 115 cm³/mol. The fraction of sp³-hybridized carbons (Fsp3) is 0.609. The lowest BCUT2D eigenvalue weighted by Crippen LogP contribution is -2.32. The van der Waals surface area contributed by atoms with Crippen molar-refractivity contribution >= 4 is 5.91 Å². The highest BCUT2D eigenvalue weighted by molar-refractivity contribution is 5.88. The van der Waals surface area contributed by atoms with Gasteiger partial charge in [0, 0.05) is 12.6 Å². The van der Waals surface area contributed by atoms with Gasteiger partial charge in [0.25, 0.3) is 0 Å². The normalized spacial score (nSPS) is 14.1. The third-order valence-electron chi connectivity index (χ3n) is 4.25. The average molecular weight is 378 g/mol. The molecule has 0 aliphatic carbocycles. The zero-order valence-electron chi connectivity index (χ0n) is 17.8. The summed E-state index contributed by atoms with van der Waals surface area (Å²) in [6.07, 6.45) is 13.7. The first kappa shape index (κ1) is 25.4. The topological polar surface area (TPSA) is 69.6 Å². The van der Waals surface area contributed by atoms with Crippen LogP contribution in [0.3, 0.4) is 0 Å². The number of aliphatic hydroxyl groups is 2. The highest BCUT2D eigenvalue weighted by Gasteiger charge is 2.03. The first-order valence-electron chi connectivity index (χ1n) is 9.93. The van der Waals surface area contributed by atoms with Crippen molar-refractivity contribution < 1.29 is 15.0 Å². The molecule has 0 bridgehead atoms. The minimum atomic E-state index is -0.904. The van der Waals surface area contributed by atoms with Crippen LogP contribution in [-0.2, 0) is 4.79 Å². The lowest BCUT2D eigenvalue weighted by molar-refractivity contribution is -0.117. The van der Waals surface area contributed by atoms with Gasteiger partial charge in [-0.2, -0.15) is 0 Å². The highest BCUT2D eigenvalue weighted by atomic mass is 16.3. The molecule has 1 amide bonds. The molecule has 0 fully saturated rings. The van der Waals surface area contributed by atoms with E-state index < -0.39 is 6.10 Å². The lowest BCUT2D eigenvalue weighted by Gasteiger charge is -2.07. The molecule has 0 aliphatic rings. The van der Waals surface area contributed by atoms with Crippen LogP contribution in [0.25, 0.3) is 0 Å². The van der Waals surface area contributed by atoms with E-state index in [-0.39, 0.29) is 19.1 Å². The molecule has 1 unspecified atom stereocenters. The number of hydrogen-bond donors (Lipinski definition) is 3. The number of allylic oxidation sites excluding steroid dienone is 7. The molecule has 0 spiro atoms. The third-order valence-corrected chi connectivity index (χ3v) is 4.25. The number of aliphatic hydroxyl groups excluding tert-OH is 2. The Labute approximate surface area is 165 Å². The monoisotopic (exact) mass is 377 g/mol. The molecule has 154 valence electrons. The van der Waals surface area contributed by atoms with Crippen molar-refractivity contribution in [1.29, 1.82) is 0 Å². The minimum absolute atomic E-state index is 0.0688. The van der Waals surface area contributed by atoms with Gasteiger partial charge in [0.15, 0.2) is 0 Å². The maximum absolute atomic E-state index is 11.7. The van der Waals surface area contributed by atoms with Gasteiger partial charge in [0.2, 0.25) is 5.91 Å². The first-order valence-corrected chi connectivity index (χ1v) is 9.93. The molecule has 0 aromatic carbocycles. The second-order valence-electron chi connectivity index (χ2n) is 7.57. The average Bonchev–Trinajstić information content (AvgIpc) is 2.59. The van der Waals surface area contributed by atoms with E-state index in [1.165, 1.54) is 16.7 Å². The van der Waals surface area contributed by atoms with E-state index in [4.69, 9.17) is 5.11 Å². The Balaban J connectivity index is 4.11. The van der Waals surface area contributed by atoms with E-state index >= 15 is 0 Å². The molecule has 4 heteroatoms. The van der Waals surface area contributed by atoms with Crippen molar-refractivity contribution in [2.24, 2.45) is 0 Å². The summed E-state index contributed by atoms with van der Waals surface area (Å²) in [5.41, 5.74) is 5.22. The van der Waals surface area contributed by atoms with Crippen molar-refractivity contribution in [1.82, 2.24) is 5.32 Å². The summed E-state index contributed by atoms with van der Waals surface area (Å²) in [7, 11) is 0. The van der Waals surface area contributed by atoms with Crippen molar-refractivity contribution in [2.75, 3.05) is 13.2 Å². The quantitative estimate of drug-likeness (QED) is 0.324. The van der Waals surface area contributed by atoms with Gasteiger partial charge in [-0.05, 0) is 73.1 Å². The Morgan fingerprint density at radius 1 is 0.852 bits per heavy atom. The summed E-state index contributed by atoms with van der Waals surface area (Å²) in [6, 6.07) is 0. The van der Waals surface area contributed by atoms with Crippen LogP contribution in [0.4, 0.5) is 0 Å². The molecule has 0 aromatic heterocycles. The Kier molecular flexibility index (Phi) is 14.5. The molecule has 0 aromatic rings. The summed E-state index contributed by atoms with van der Waals surface area (Å²) < 4.78 is 0. The van der Waals surface area contributed by atoms with Crippen molar-refractivity contribution in [2.45, 2.75) is 79.2 Å². The van der Waals surface area contributed by atoms with Gasteiger partial charge in [-0.1, -0.05) is 40.5 Å². The molecule has 0 heterocycles. The van der Waals surface area contributed by atoms with Gasteiger partial charge in [0.1, 0.15) is 0 Å². The van der Waals surface area contributed by atoms with E-state index in [2.05, 4.69) is 51.2 Å². The largest absolute Gasteiger partial charge is 0.394 e. The van der Waals surface area contributed by atoms with E-state index in [0.29, 0.717) is 0 Å². The van der Waals surface area contributed by atoms with Gasteiger partial charge >= 0.3 is 0 Å². The number of amides is 1. The number of carbonyl (C=O) groups excluding carboxylic acids is 1. The molecule has 27 heavy (non-hydrogen) atoms. The van der Waals surface area contributed by atoms with E-state index in [9.17, 15) is 9.90 Å². The zero-order valence-corrected chi connectivity index (χ0v) is 17.8. The van der Waals surface area contributed by atoms with E-state index in [1.54, 1.807) is 6.08 Å². The third kappa shape index (κ3) is 16.3. The van der Waals surface area contributed by atoms with Crippen molar-refractivity contribution in [3.05, 3.63) is 46.6 Å². The zero-order chi connectivity index (χ0) is 20.7. The van der Waals surface area contributed by atoms with Crippen LogP contribution < -0.4 is 5.32 Å². The molecular formula is C23H39NO3. The summed E-state index contributed by atoms with van der Waals surface area (Å²) in [5, 5.41) is 20.5. The Bertz CT molecular complexity index is 552. The highest BCUT2D eigenvalue weighted by Crippen LogP contribution is 2.13. The summed E-state index contributed by atoms with van der Waals surface area (Å²) in [6.45, 7) is 10.3. The van der Waals surface area contributed by atoms with Crippen LogP contribution in [0.15, 0.2) is 46.6 Å². The lowest BCUT2D eigenvalue weighted by atomic mass is 10.0. The molecule has 0 rings (SSSR count). The predicted octanol–water partition coefficient (Wildman–Crippen LogP) is 4.60. The fourth-order valence-electron chi connectivity index (χ4n) is 2.52. The number of nitrogens with one attached hydrogen (secondary N) is 1. The maximum Gasteiger partial charge on any atom is 0.244 e. The van der Waals surface area contributed by atoms with Crippen LogP contribution in [0.1, 0.15) is 73.1 Å². The van der Waals surface area contributed by atoms with Crippen LogP contribution in [0, 0.1) is 0 Å².